The maximum absolute atomic E-state index is 13.3. The zero-order valence-electron chi connectivity index (χ0n) is 19.6. The quantitative estimate of drug-likeness (QED) is 0.467. The zero-order valence-corrected chi connectivity index (χ0v) is 20.4. The summed E-state index contributed by atoms with van der Waals surface area (Å²) in [6, 6.07) is 6.62. The third kappa shape index (κ3) is 5.44. The number of nitrogens with zero attached hydrogens (tertiary/aromatic N) is 2. The number of nitrogen functional groups attached to an aromatic ring is 1. The summed E-state index contributed by atoms with van der Waals surface area (Å²) in [4.78, 5) is 9.01. The predicted octanol–water partition coefficient (Wildman–Crippen LogP) is 5.01. The van der Waals surface area contributed by atoms with Gasteiger partial charge < -0.3 is 15.8 Å². The highest BCUT2D eigenvalue weighted by atomic mass is 32.2. The molecule has 11 heteroatoms. The molecule has 0 aliphatic carbocycles. The number of fused-ring (bicyclic) bond motifs is 1. The second-order valence-electron chi connectivity index (χ2n) is 8.91. The Morgan fingerprint density at radius 1 is 1.11 bits per heavy atom. The molecular formula is C24H27F3N4O3S. The van der Waals surface area contributed by atoms with Gasteiger partial charge in [-0.05, 0) is 68.0 Å². The van der Waals surface area contributed by atoms with Gasteiger partial charge in [-0.15, -0.1) is 0 Å². The number of methoxy groups -OCH3 is 1. The smallest absolute Gasteiger partial charge is 0.416 e. The molecule has 1 saturated heterocycles. The molecule has 1 atom stereocenters. The summed E-state index contributed by atoms with van der Waals surface area (Å²) in [7, 11) is -1.48. The van der Waals surface area contributed by atoms with Crippen molar-refractivity contribution < 1.29 is 26.3 Å². The number of rotatable bonds is 5. The van der Waals surface area contributed by atoms with Crippen molar-refractivity contribution >= 4 is 32.2 Å². The molecule has 0 unspecified atom stereocenters. The van der Waals surface area contributed by atoms with E-state index in [1.807, 2.05) is 6.07 Å². The fourth-order valence-corrected chi connectivity index (χ4v) is 5.97. The largest absolute Gasteiger partial charge is 0.496 e. The van der Waals surface area contributed by atoms with Gasteiger partial charge >= 0.3 is 6.18 Å². The third-order valence-corrected chi connectivity index (χ3v) is 8.03. The Labute approximate surface area is 201 Å². The molecular weight excluding hydrogens is 481 g/mol. The Bertz CT molecular complexity index is 1360. The zero-order chi connectivity index (χ0) is 25.5. The first-order valence-electron chi connectivity index (χ1n) is 11.2. The van der Waals surface area contributed by atoms with Gasteiger partial charge in [0.2, 0.25) is 0 Å². The summed E-state index contributed by atoms with van der Waals surface area (Å²) in [5, 5.41) is 3.89. The SMILES string of the molecule is COc1cc2nc(C)nc(N[C@H](C)c3cc(N)cc(C(F)(F)F)c3)c2cc1C1CCS(=O)(=O)CC1. The van der Waals surface area contributed by atoms with Gasteiger partial charge in [0.05, 0.1) is 35.7 Å². The molecule has 2 heterocycles. The van der Waals surface area contributed by atoms with Gasteiger partial charge in [0.25, 0.3) is 0 Å². The minimum atomic E-state index is -4.51. The van der Waals surface area contributed by atoms with Crippen LogP contribution in [0.4, 0.5) is 24.7 Å². The van der Waals surface area contributed by atoms with E-state index in [-0.39, 0.29) is 23.1 Å². The molecule has 7 nitrogen and oxygen atoms in total. The Morgan fingerprint density at radius 3 is 2.43 bits per heavy atom. The van der Waals surface area contributed by atoms with E-state index in [1.54, 1.807) is 27.0 Å². The highest BCUT2D eigenvalue weighted by Gasteiger charge is 2.32. The van der Waals surface area contributed by atoms with Crippen LogP contribution in [0.1, 0.15) is 54.2 Å². The number of benzene rings is 2. The summed E-state index contributed by atoms with van der Waals surface area (Å²) in [5.74, 6) is 1.78. The van der Waals surface area contributed by atoms with Crippen molar-refractivity contribution in [2.75, 3.05) is 29.7 Å². The van der Waals surface area contributed by atoms with Crippen LogP contribution in [-0.2, 0) is 16.0 Å². The lowest BCUT2D eigenvalue weighted by atomic mass is 9.91. The van der Waals surface area contributed by atoms with Crippen LogP contribution < -0.4 is 15.8 Å². The van der Waals surface area contributed by atoms with Crippen LogP contribution in [0.2, 0.25) is 0 Å². The molecule has 188 valence electrons. The van der Waals surface area contributed by atoms with Crippen molar-refractivity contribution in [3.63, 3.8) is 0 Å². The van der Waals surface area contributed by atoms with Gasteiger partial charge in [0.15, 0.2) is 0 Å². The summed E-state index contributed by atoms with van der Waals surface area (Å²) in [5.41, 5.74) is 6.79. The Morgan fingerprint density at radius 2 is 1.80 bits per heavy atom. The number of ether oxygens (including phenoxy) is 1. The molecule has 1 fully saturated rings. The van der Waals surface area contributed by atoms with Crippen molar-refractivity contribution in [1.29, 1.82) is 0 Å². The van der Waals surface area contributed by atoms with Crippen molar-refractivity contribution in [2.24, 2.45) is 0 Å². The lowest BCUT2D eigenvalue weighted by Gasteiger charge is -2.25. The van der Waals surface area contributed by atoms with Gasteiger partial charge in [-0.25, -0.2) is 18.4 Å². The van der Waals surface area contributed by atoms with E-state index in [0.29, 0.717) is 46.7 Å². The van der Waals surface area contributed by atoms with Crippen LogP contribution in [-0.4, -0.2) is 37.0 Å². The van der Waals surface area contributed by atoms with Gasteiger partial charge in [0.1, 0.15) is 27.2 Å². The van der Waals surface area contributed by atoms with E-state index in [1.165, 1.54) is 6.07 Å². The lowest BCUT2D eigenvalue weighted by Crippen LogP contribution is -2.22. The number of nitrogens with two attached hydrogens (primary N) is 1. The topological polar surface area (TPSA) is 107 Å². The molecule has 3 N–H and O–H groups in total. The second kappa shape index (κ2) is 9.18. The maximum Gasteiger partial charge on any atom is 0.416 e. The van der Waals surface area contributed by atoms with Crippen LogP contribution in [0.3, 0.4) is 0 Å². The molecule has 1 aromatic heterocycles. The van der Waals surface area contributed by atoms with Crippen LogP contribution in [0.25, 0.3) is 10.9 Å². The van der Waals surface area contributed by atoms with E-state index >= 15 is 0 Å². The monoisotopic (exact) mass is 508 g/mol. The molecule has 0 amide bonds. The molecule has 1 aliphatic heterocycles. The molecule has 0 radical (unpaired) electrons. The molecule has 3 aromatic rings. The Balaban J connectivity index is 1.74. The van der Waals surface area contributed by atoms with Gasteiger partial charge in [0, 0.05) is 17.1 Å². The maximum atomic E-state index is 13.3. The minimum absolute atomic E-state index is 0.00674. The molecule has 4 rings (SSSR count). The molecule has 35 heavy (non-hydrogen) atoms. The number of nitrogens with one attached hydrogen (secondary N) is 1. The van der Waals surface area contributed by atoms with Crippen molar-refractivity contribution in [3.8, 4) is 5.75 Å². The average molecular weight is 509 g/mol. The number of halogens is 3. The first-order valence-corrected chi connectivity index (χ1v) is 13.0. The highest BCUT2D eigenvalue weighted by Crippen LogP contribution is 2.39. The highest BCUT2D eigenvalue weighted by molar-refractivity contribution is 7.91. The summed E-state index contributed by atoms with van der Waals surface area (Å²) in [6.07, 6.45) is -3.54. The van der Waals surface area contributed by atoms with E-state index in [4.69, 9.17) is 10.5 Å². The van der Waals surface area contributed by atoms with E-state index < -0.39 is 27.6 Å². The number of hydrogen-bond donors (Lipinski definition) is 2. The van der Waals surface area contributed by atoms with Gasteiger partial charge in [-0.2, -0.15) is 13.2 Å². The predicted molar refractivity (Wildman–Crippen MR) is 129 cm³/mol. The van der Waals surface area contributed by atoms with Gasteiger partial charge in [-0.3, -0.25) is 0 Å². The van der Waals surface area contributed by atoms with Crippen molar-refractivity contribution in [1.82, 2.24) is 9.97 Å². The summed E-state index contributed by atoms with van der Waals surface area (Å²) in [6.45, 7) is 3.46. The number of aryl methyl sites for hydroxylation is 1. The van der Waals surface area contributed by atoms with E-state index in [9.17, 15) is 21.6 Å². The molecule has 0 bridgehead atoms. The Kier molecular flexibility index (Phi) is 6.56. The number of sulfone groups is 1. The standard InChI is InChI=1S/C24H27F3N4O3S/c1-13(16-8-17(24(25,26)27)10-18(28)9-16)29-23-20-11-19(15-4-6-35(32,33)7-5-15)22(34-3)12-21(20)30-14(2)31-23/h8-13,15H,4-7,28H2,1-3H3,(H,29,30,31)/t13-/m1/s1. The van der Waals surface area contributed by atoms with Crippen LogP contribution >= 0.6 is 0 Å². The van der Waals surface area contributed by atoms with Crippen molar-refractivity contribution in [2.45, 2.75) is 44.8 Å². The van der Waals surface area contributed by atoms with Crippen LogP contribution in [0, 0.1) is 6.92 Å². The summed E-state index contributed by atoms with van der Waals surface area (Å²) < 4.78 is 69.3. The normalized spacial score (nSPS) is 17.3. The van der Waals surface area contributed by atoms with Crippen LogP contribution in [0.5, 0.6) is 5.75 Å². The average Bonchev–Trinajstić information content (AvgIpc) is 2.77. The number of alkyl halides is 3. The third-order valence-electron chi connectivity index (χ3n) is 6.31. The van der Waals surface area contributed by atoms with Gasteiger partial charge in [-0.1, -0.05) is 0 Å². The minimum Gasteiger partial charge on any atom is -0.496 e. The molecule has 1 aliphatic rings. The molecule has 0 spiro atoms. The fourth-order valence-electron chi connectivity index (χ4n) is 4.47. The van der Waals surface area contributed by atoms with Crippen LogP contribution in [0.15, 0.2) is 30.3 Å². The Hall–Kier alpha value is -3.08. The first-order chi connectivity index (χ1) is 16.4. The van der Waals surface area contributed by atoms with E-state index in [0.717, 1.165) is 17.7 Å². The fraction of sp³-hybridized carbons (Fsp3) is 0.417. The van der Waals surface area contributed by atoms with Crippen molar-refractivity contribution in [3.05, 3.63) is 52.8 Å². The summed E-state index contributed by atoms with van der Waals surface area (Å²) >= 11 is 0. The molecule has 2 aromatic carbocycles. The van der Waals surface area contributed by atoms with E-state index in [2.05, 4.69) is 15.3 Å². The number of anilines is 2. The second-order valence-corrected chi connectivity index (χ2v) is 11.2. The lowest BCUT2D eigenvalue weighted by molar-refractivity contribution is -0.137. The first kappa shape index (κ1) is 25.0. The number of aromatic nitrogens is 2. The number of hydrogen-bond acceptors (Lipinski definition) is 7. The molecule has 0 saturated carbocycles.